The molecule has 0 fully saturated rings. The van der Waals surface area contributed by atoms with Gasteiger partial charge in [-0.2, -0.15) is 13.2 Å². The molecule has 0 amide bonds. The second-order valence-electron chi connectivity index (χ2n) is 3.23. The second kappa shape index (κ2) is 3.59. The van der Waals surface area contributed by atoms with Crippen molar-refractivity contribution in [1.82, 2.24) is 4.98 Å². The summed E-state index contributed by atoms with van der Waals surface area (Å²) in [5.74, 6) is 0. The van der Waals surface area contributed by atoms with Crippen LogP contribution in [0.1, 0.15) is 16.1 Å². The molecule has 0 aliphatic rings. The number of carbonyl (C=O) groups is 1. The lowest BCUT2D eigenvalue weighted by Gasteiger charge is -2.10. The quantitative estimate of drug-likeness (QED) is 0.698. The van der Waals surface area contributed by atoms with E-state index >= 15 is 0 Å². The summed E-state index contributed by atoms with van der Waals surface area (Å²) in [5, 5.41) is 0.000556. The maximum absolute atomic E-state index is 12.7. The summed E-state index contributed by atoms with van der Waals surface area (Å²) in [7, 11) is 0. The van der Waals surface area contributed by atoms with Crippen LogP contribution in [0.25, 0.3) is 10.9 Å². The summed E-state index contributed by atoms with van der Waals surface area (Å²) >= 11 is 0. The van der Waals surface area contributed by atoms with E-state index in [0.29, 0.717) is 6.29 Å². The van der Waals surface area contributed by atoms with Gasteiger partial charge < -0.3 is 0 Å². The van der Waals surface area contributed by atoms with Gasteiger partial charge in [-0.1, -0.05) is 18.2 Å². The number of hydrogen-bond donors (Lipinski definition) is 0. The van der Waals surface area contributed by atoms with Gasteiger partial charge in [0, 0.05) is 5.39 Å². The number of aromatic nitrogens is 1. The lowest BCUT2D eigenvalue weighted by molar-refractivity contribution is -0.136. The van der Waals surface area contributed by atoms with Crippen molar-refractivity contribution < 1.29 is 18.0 Å². The fraction of sp³-hybridized carbons (Fsp3) is 0.0909. The van der Waals surface area contributed by atoms with Gasteiger partial charge in [0.1, 0.15) is 5.69 Å². The molecule has 0 N–H and O–H groups in total. The van der Waals surface area contributed by atoms with E-state index in [2.05, 4.69) is 4.98 Å². The number of nitrogens with zero attached hydrogens (tertiary/aromatic N) is 1. The van der Waals surface area contributed by atoms with Crippen molar-refractivity contribution in [1.29, 1.82) is 0 Å². The Hall–Kier alpha value is -1.91. The lowest BCUT2D eigenvalue weighted by atomic mass is 10.1. The lowest BCUT2D eigenvalue weighted by Crippen LogP contribution is -2.07. The van der Waals surface area contributed by atoms with Gasteiger partial charge in [-0.25, -0.2) is 4.98 Å². The Kier molecular flexibility index (Phi) is 2.38. The Labute approximate surface area is 88.7 Å². The molecule has 0 saturated heterocycles. The largest absolute Gasteiger partial charge is 0.417 e. The van der Waals surface area contributed by atoms with E-state index in [1.54, 1.807) is 6.07 Å². The first-order valence-corrected chi connectivity index (χ1v) is 4.44. The summed E-state index contributed by atoms with van der Waals surface area (Å²) in [6.07, 6.45) is -4.18. The van der Waals surface area contributed by atoms with Crippen molar-refractivity contribution >= 4 is 17.2 Å². The summed E-state index contributed by atoms with van der Waals surface area (Å²) in [4.78, 5) is 14.3. The highest BCUT2D eigenvalue weighted by atomic mass is 19.4. The Bertz CT molecular complexity index is 548. The fourth-order valence-corrected chi connectivity index (χ4v) is 1.49. The van der Waals surface area contributed by atoms with E-state index < -0.39 is 11.7 Å². The molecule has 16 heavy (non-hydrogen) atoms. The Morgan fingerprint density at radius 1 is 1.19 bits per heavy atom. The molecule has 5 heteroatoms. The molecule has 0 atom stereocenters. The standard InChI is InChI=1S/C11H6F3NO/c12-11(13,14)9-5-7(6-16)15-10-4-2-1-3-8(9)10/h1-6H. The maximum atomic E-state index is 12.7. The van der Waals surface area contributed by atoms with E-state index in [1.807, 2.05) is 0 Å². The van der Waals surface area contributed by atoms with Crippen molar-refractivity contribution in [2.75, 3.05) is 0 Å². The van der Waals surface area contributed by atoms with Crippen molar-refractivity contribution in [3.63, 3.8) is 0 Å². The normalized spacial score (nSPS) is 11.7. The average Bonchev–Trinajstić information content (AvgIpc) is 2.26. The Morgan fingerprint density at radius 3 is 2.50 bits per heavy atom. The van der Waals surface area contributed by atoms with Crippen LogP contribution in [0.15, 0.2) is 30.3 Å². The molecular weight excluding hydrogens is 219 g/mol. The first-order valence-electron chi connectivity index (χ1n) is 4.44. The zero-order valence-electron chi connectivity index (χ0n) is 7.95. The topological polar surface area (TPSA) is 30.0 Å². The number of hydrogen-bond acceptors (Lipinski definition) is 2. The summed E-state index contributed by atoms with van der Waals surface area (Å²) in [5.41, 5.74) is -0.884. The van der Waals surface area contributed by atoms with Crippen LogP contribution in [0.3, 0.4) is 0 Å². The minimum absolute atomic E-state index is 0.000556. The third-order valence-electron chi connectivity index (χ3n) is 2.16. The first-order chi connectivity index (χ1) is 7.52. The van der Waals surface area contributed by atoms with Crippen LogP contribution in [0.4, 0.5) is 13.2 Å². The highest BCUT2D eigenvalue weighted by molar-refractivity contribution is 5.86. The molecule has 2 aromatic rings. The van der Waals surface area contributed by atoms with Gasteiger partial charge in [-0.15, -0.1) is 0 Å². The van der Waals surface area contributed by atoms with Gasteiger partial charge in [-0.3, -0.25) is 4.79 Å². The van der Waals surface area contributed by atoms with Crippen molar-refractivity contribution in [2.45, 2.75) is 6.18 Å². The van der Waals surface area contributed by atoms with Crippen molar-refractivity contribution in [3.8, 4) is 0 Å². The Balaban J connectivity index is 2.84. The molecule has 0 spiro atoms. The predicted molar refractivity (Wildman–Crippen MR) is 52.1 cm³/mol. The average molecular weight is 225 g/mol. The van der Waals surface area contributed by atoms with E-state index in [-0.39, 0.29) is 16.6 Å². The third-order valence-corrected chi connectivity index (χ3v) is 2.16. The summed E-state index contributed by atoms with van der Waals surface area (Å²) in [6, 6.07) is 6.61. The van der Waals surface area contributed by atoms with Crippen molar-refractivity contribution in [2.24, 2.45) is 0 Å². The summed E-state index contributed by atoms with van der Waals surface area (Å²) < 4.78 is 38.1. The minimum atomic E-state index is -4.49. The zero-order valence-corrected chi connectivity index (χ0v) is 7.95. The molecule has 0 unspecified atom stereocenters. The molecule has 82 valence electrons. The van der Waals surface area contributed by atoms with Crippen molar-refractivity contribution in [3.05, 3.63) is 41.6 Å². The summed E-state index contributed by atoms with van der Waals surface area (Å²) in [6.45, 7) is 0. The molecule has 0 aliphatic heterocycles. The van der Waals surface area contributed by atoms with Crippen LogP contribution in [0.2, 0.25) is 0 Å². The number of rotatable bonds is 1. The molecule has 0 saturated carbocycles. The smallest absolute Gasteiger partial charge is 0.296 e. The van der Waals surface area contributed by atoms with Crippen LogP contribution >= 0.6 is 0 Å². The molecule has 2 rings (SSSR count). The molecule has 1 aromatic carbocycles. The molecule has 1 heterocycles. The van der Waals surface area contributed by atoms with Gasteiger partial charge in [0.2, 0.25) is 0 Å². The number of pyridine rings is 1. The van der Waals surface area contributed by atoms with Gasteiger partial charge in [0.15, 0.2) is 6.29 Å². The van der Waals surface area contributed by atoms with Crippen LogP contribution in [-0.4, -0.2) is 11.3 Å². The van der Waals surface area contributed by atoms with Gasteiger partial charge >= 0.3 is 6.18 Å². The molecular formula is C11H6F3NO. The van der Waals surface area contributed by atoms with Crippen LogP contribution < -0.4 is 0 Å². The van der Waals surface area contributed by atoms with E-state index in [9.17, 15) is 18.0 Å². The maximum Gasteiger partial charge on any atom is 0.417 e. The van der Waals surface area contributed by atoms with Crippen LogP contribution in [0, 0.1) is 0 Å². The van der Waals surface area contributed by atoms with Gasteiger partial charge in [-0.05, 0) is 12.1 Å². The van der Waals surface area contributed by atoms with Crippen LogP contribution in [0.5, 0.6) is 0 Å². The number of carbonyl (C=O) groups excluding carboxylic acids is 1. The SMILES string of the molecule is O=Cc1cc(C(F)(F)F)c2ccccc2n1. The number of halogens is 3. The third kappa shape index (κ3) is 1.76. The predicted octanol–water partition coefficient (Wildman–Crippen LogP) is 3.07. The highest BCUT2D eigenvalue weighted by Gasteiger charge is 2.33. The van der Waals surface area contributed by atoms with Gasteiger partial charge in [0.25, 0.3) is 0 Å². The van der Waals surface area contributed by atoms with E-state index in [1.165, 1.54) is 18.2 Å². The number of para-hydroxylation sites is 1. The number of fused-ring (bicyclic) bond motifs is 1. The fourth-order valence-electron chi connectivity index (χ4n) is 1.49. The number of aldehydes is 1. The molecule has 1 aromatic heterocycles. The monoisotopic (exact) mass is 225 g/mol. The van der Waals surface area contributed by atoms with E-state index in [4.69, 9.17) is 0 Å². The molecule has 0 radical (unpaired) electrons. The Morgan fingerprint density at radius 2 is 1.88 bits per heavy atom. The first kappa shape index (κ1) is 10.6. The second-order valence-corrected chi connectivity index (χ2v) is 3.23. The highest BCUT2D eigenvalue weighted by Crippen LogP contribution is 2.34. The van der Waals surface area contributed by atoms with Gasteiger partial charge in [0.05, 0.1) is 11.1 Å². The number of alkyl halides is 3. The number of benzene rings is 1. The molecule has 2 nitrogen and oxygen atoms in total. The van der Waals surface area contributed by atoms with Crippen LogP contribution in [-0.2, 0) is 6.18 Å². The zero-order chi connectivity index (χ0) is 11.8. The molecule has 0 bridgehead atoms. The molecule has 0 aliphatic carbocycles. The van der Waals surface area contributed by atoms with E-state index in [0.717, 1.165) is 6.07 Å². The minimum Gasteiger partial charge on any atom is -0.296 e.